The van der Waals surface area contributed by atoms with Gasteiger partial charge in [-0.2, -0.15) is 0 Å². The maximum Gasteiger partial charge on any atom is 0.231 e. The van der Waals surface area contributed by atoms with Crippen molar-refractivity contribution in [3.05, 3.63) is 18.2 Å². The average molecular weight is 333 g/mol. The van der Waals surface area contributed by atoms with Gasteiger partial charge in [0.05, 0.1) is 18.2 Å². The highest BCUT2D eigenvalue weighted by Crippen LogP contribution is 2.35. The summed E-state index contributed by atoms with van der Waals surface area (Å²) in [7, 11) is 1.56. The van der Waals surface area contributed by atoms with Gasteiger partial charge in [-0.1, -0.05) is 13.8 Å². The van der Waals surface area contributed by atoms with Crippen LogP contribution in [0.15, 0.2) is 18.2 Å². The molecule has 132 valence electrons. The molecule has 0 aromatic heterocycles. The zero-order valence-electron chi connectivity index (χ0n) is 14.7. The molecular weight excluding hydrogens is 306 g/mol. The van der Waals surface area contributed by atoms with Crippen LogP contribution in [-0.4, -0.2) is 32.0 Å². The Balaban J connectivity index is 2.23. The number of amides is 2. The lowest BCUT2D eigenvalue weighted by atomic mass is 9.81. The van der Waals surface area contributed by atoms with Crippen molar-refractivity contribution in [1.29, 1.82) is 0 Å². The molecule has 0 atom stereocenters. The summed E-state index contributed by atoms with van der Waals surface area (Å²) in [5, 5.41) is 2.94. The highest BCUT2D eigenvalue weighted by atomic mass is 16.5. The van der Waals surface area contributed by atoms with Gasteiger partial charge in [-0.15, -0.1) is 0 Å². The number of methoxy groups -OCH3 is 1. The topological polar surface area (TPSA) is 84.7 Å². The minimum atomic E-state index is -0.559. The van der Waals surface area contributed by atoms with Crippen LogP contribution in [0.2, 0.25) is 0 Å². The van der Waals surface area contributed by atoms with Gasteiger partial charge in [0.1, 0.15) is 5.75 Å². The second-order valence-corrected chi connectivity index (χ2v) is 6.18. The van der Waals surface area contributed by atoms with E-state index in [0.29, 0.717) is 43.8 Å². The summed E-state index contributed by atoms with van der Waals surface area (Å²) in [4.78, 5) is 26.3. The van der Waals surface area contributed by atoms with E-state index in [1.54, 1.807) is 24.1 Å². The fourth-order valence-electron chi connectivity index (χ4n) is 3.10. The van der Waals surface area contributed by atoms with E-state index in [0.717, 1.165) is 12.1 Å². The van der Waals surface area contributed by atoms with Crippen molar-refractivity contribution in [2.24, 2.45) is 11.1 Å². The van der Waals surface area contributed by atoms with Crippen LogP contribution in [0, 0.1) is 5.41 Å². The molecule has 1 saturated heterocycles. The molecule has 1 heterocycles. The van der Waals surface area contributed by atoms with Crippen molar-refractivity contribution in [3.8, 4) is 5.75 Å². The number of benzene rings is 1. The third-order valence-corrected chi connectivity index (χ3v) is 5.03. The molecule has 24 heavy (non-hydrogen) atoms. The smallest absolute Gasteiger partial charge is 0.231 e. The summed E-state index contributed by atoms with van der Waals surface area (Å²) >= 11 is 0. The monoisotopic (exact) mass is 333 g/mol. The molecule has 0 saturated carbocycles. The number of carbonyl (C=O) groups excluding carboxylic acids is 2. The lowest BCUT2D eigenvalue weighted by molar-refractivity contribution is -0.125. The van der Waals surface area contributed by atoms with Crippen LogP contribution in [-0.2, 0) is 9.59 Å². The quantitative estimate of drug-likeness (QED) is 0.803. The van der Waals surface area contributed by atoms with Gasteiger partial charge in [-0.05, 0) is 31.4 Å². The second kappa shape index (κ2) is 7.66. The predicted octanol–water partition coefficient (Wildman–Crippen LogP) is 2.53. The lowest BCUT2D eigenvalue weighted by Gasteiger charge is -2.28. The Morgan fingerprint density at radius 3 is 2.58 bits per heavy atom. The number of nitrogens with one attached hydrogen (secondary N) is 1. The number of carbonyl (C=O) groups is 2. The average Bonchev–Trinajstić information content (AvgIpc) is 3.02. The second-order valence-electron chi connectivity index (χ2n) is 6.18. The van der Waals surface area contributed by atoms with Crippen molar-refractivity contribution in [3.63, 3.8) is 0 Å². The molecule has 0 radical (unpaired) electrons. The van der Waals surface area contributed by atoms with Crippen LogP contribution in [0.4, 0.5) is 11.4 Å². The first-order chi connectivity index (χ1) is 11.5. The van der Waals surface area contributed by atoms with Crippen molar-refractivity contribution < 1.29 is 14.3 Å². The van der Waals surface area contributed by atoms with E-state index in [1.165, 1.54) is 0 Å². The van der Waals surface area contributed by atoms with Crippen molar-refractivity contribution >= 4 is 23.2 Å². The van der Waals surface area contributed by atoms with Crippen LogP contribution in [0.5, 0.6) is 5.75 Å². The molecule has 0 unspecified atom stereocenters. The Kier molecular flexibility index (Phi) is 5.83. The predicted molar refractivity (Wildman–Crippen MR) is 95.3 cm³/mol. The Labute approximate surface area is 143 Å². The minimum absolute atomic E-state index is 0.0814. The largest absolute Gasteiger partial charge is 0.494 e. The summed E-state index contributed by atoms with van der Waals surface area (Å²) in [6, 6.07) is 5.37. The van der Waals surface area contributed by atoms with Crippen molar-refractivity contribution in [2.45, 2.75) is 39.5 Å². The van der Waals surface area contributed by atoms with Gasteiger partial charge in [-0.25, -0.2) is 0 Å². The lowest BCUT2D eigenvalue weighted by Crippen LogP contribution is -2.41. The van der Waals surface area contributed by atoms with E-state index >= 15 is 0 Å². The molecule has 2 rings (SSSR count). The maximum absolute atomic E-state index is 12.6. The van der Waals surface area contributed by atoms with Gasteiger partial charge >= 0.3 is 0 Å². The zero-order chi connectivity index (χ0) is 17.7. The number of rotatable bonds is 7. The molecular formula is C18H27N3O3. The van der Waals surface area contributed by atoms with Gasteiger partial charge < -0.3 is 20.7 Å². The third-order valence-electron chi connectivity index (χ3n) is 5.03. The Morgan fingerprint density at radius 2 is 2.08 bits per heavy atom. The normalized spacial score (nSPS) is 14.8. The number of hydrogen-bond donors (Lipinski definition) is 2. The fourth-order valence-corrected chi connectivity index (χ4v) is 3.10. The van der Waals surface area contributed by atoms with Gasteiger partial charge in [0.15, 0.2) is 0 Å². The molecule has 0 bridgehead atoms. The van der Waals surface area contributed by atoms with Gasteiger partial charge in [0.2, 0.25) is 11.8 Å². The van der Waals surface area contributed by atoms with E-state index in [-0.39, 0.29) is 11.8 Å². The Morgan fingerprint density at radius 1 is 1.38 bits per heavy atom. The number of anilines is 2. The van der Waals surface area contributed by atoms with Crippen LogP contribution >= 0.6 is 0 Å². The zero-order valence-corrected chi connectivity index (χ0v) is 14.7. The summed E-state index contributed by atoms with van der Waals surface area (Å²) in [6.07, 6.45) is 2.78. The third kappa shape index (κ3) is 3.38. The molecule has 1 aromatic rings. The SMILES string of the molecule is CCC(CC)(CN)C(=O)Nc1ccc(N2CCCC2=O)c(OC)c1. The van der Waals surface area contributed by atoms with Crippen LogP contribution < -0.4 is 20.7 Å². The van der Waals surface area contributed by atoms with Gasteiger partial charge in [0, 0.05) is 31.3 Å². The molecule has 6 heteroatoms. The van der Waals surface area contributed by atoms with Crippen molar-refractivity contribution in [1.82, 2.24) is 0 Å². The van der Waals surface area contributed by atoms with Crippen LogP contribution in [0.1, 0.15) is 39.5 Å². The van der Waals surface area contributed by atoms with E-state index in [2.05, 4.69) is 5.32 Å². The van der Waals surface area contributed by atoms with Crippen LogP contribution in [0.3, 0.4) is 0 Å². The summed E-state index contributed by atoms with van der Waals surface area (Å²) in [5.74, 6) is 0.598. The van der Waals surface area contributed by atoms with Crippen molar-refractivity contribution in [2.75, 3.05) is 30.4 Å². The standard InChI is InChI=1S/C18H27N3O3/c1-4-18(5-2,12-19)17(23)20-13-8-9-14(15(11-13)24-3)21-10-6-7-16(21)22/h8-9,11H,4-7,10,12,19H2,1-3H3,(H,20,23). The summed E-state index contributed by atoms with van der Waals surface area (Å²) < 4.78 is 5.42. The van der Waals surface area contributed by atoms with Crippen LogP contribution in [0.25, 0.3) is 0 Å². The van der Waals surface area contributed by atoms with E-state index in [9.17, 15) is 9.59 Å². The van der Waals surface area contributed by atoms with Gasteiger partial charge in [0.25, 0.3) is 0 Å². The molecule has 0 spiro atoms. The molecule has 1 aromatic carbocycles. The molecule has 3 N–H and O–H groups in total. The molecule has 1 aliphatic rings. The van der Waals surface area contributed by atoms with E-state index < -0.39 is 5.41 Å². The first-order valence-corrected chi connectivity index (χ1v) is 8.51. The molecule has 1 aliphatic heterocycles. The fraction of sp³-hybridized carbons (Fsp3) is 0.556. The number of nitrogens with zero attached hydrogens (tertiary/aromatic N) is 1. The highest BCUT2D eigenvalue weighted by molar-refractivity contribution is 5.99. The minimum Gasteiger partial charge on any atom is -0.494 e. The number of hydrogen-bond acceptors (Lipinski definition) is 4. The number of ether oxygens (including phenoxy) is 1. The first-order valence-electron chi connectivity index (χ1n) is 8.51. The highest BCUT2D eigenvalue weighted by Gasteiger charge is 2.33. The maximum atomic E-state index is 12.6. The first kappa shape index (κ1) is 18.3. The Hall–Kier alpha value is -2.08. The molecule has 2 amide bonds. The molecule has 0 aliphatic carbocycles. The number of nitrogens with two attached hydrogens (primary N) is 1. The summed E-state index contributed by atoms with van der Waals surface area (Å²) in [6.45, 7) is 4.95. The van der Waals surface area contributed by atoms with E-state index in [4.69, 9.17) is 10.5 Å². The van der Waals surface area contributed by atoms with Gasteiger partial charge in [-0.3, -0.25) is 9.59 Å². The van der Waals surface area contributed by atoms with E-state index in [1.807, 2.05) is 19.9 Å². The molecule has 1 fully saturated rings. The summed E-state index contributed by atoms with van der Waals surface area (Å²) in [5.41, 5.74) is 6.66. The Bertz CT molecular complexity index is 603. The molecule has 6 nitrogen and oxygen atoms in total.